The van der Waals surface area contributed by atoms with Crippen molar-refractivity contribution in [2.45, 2.75) is 13.5 Å². The molecule has 1 aromatic heterocycles. The molecule has 5 nitrogen and oxygen atoms in total. The molecule has 0 unspecified atom stereocenters. The summed E-state index contributed by atoms with van der Waals surface area (Å²) in [6.07, 6.45) is 1.63. The van der Waals surface area contributed by atoms with Crippen LogP contribution in [0.2, 0.25) is 0 Å². The Bertz CT molecular complexity index is 478. The first kappa shape index (κ1) is 9.51. The fourth-order valence-corrected chi connectivity index (χ4v) is 1.43. The average molecular weight is 204 g/mol. The summed E-state index contributed by atoms with van der Waals surface area (Å²) in [7, 11) is 0. The van der Waals surface area contributed by atoms with E-state index in [1.54, 1.807) is 18.5 Å². The van der Waals surface area contributed by atoms with Crippen LogP contribution in [0.25, 0.3) is 11.4 Å². The summed E-state index contributed by atoms with van der Waals surface area (Å²) in [4.78, 5) is 0. The van der Waals surface area contributed by atoms with E-state index < -0.39 is 0 Å². The second-order valence-corrected chi connectivity index (χ2v) is 3.22. The van der Waals surface area contributed by atoms with Crippen LogP contribution in [-0.2, 0) is 6.54 Å². The molecule has 0 atom stereocenters. The zero-order valence-corrected chi connectivity index (χ0v) is 8.38. The third-order valence-corrected chi connectivity index (χ3v) is 2.22. The van der Waals surface area contributed by atoms with E-state index in [1.165, 1.54) is 6.07 Å². The lowest BCUT2D eigenvalue weighted by molar-refractivity contribution is 0.476. The van der Waals surface area contributed by atoms with Gasteiger partial charge in [-0.15, -0.1) is 10.2 Å². The predicted octanol–water partition coefficient (Wildman–Crippen LogP) is 1.25. The first-order chi connectivity index (χ1) is 7.22. The Kier molecular flexibility index (Phi) is 2.29. The van der Waals surface area contributed by atoms with Gasteiger partial charge in [-0.1, -0.05) is 0 Å². The number of nitrogen functional groups attached to an aromatic ring is 1. The number of rotatable bonds is 2. The van der Waals surface area contributed by atoms with Gasteiger partial charge in [-0.3, -0.25) is 0 Å². The molecule has 3 N–H and O–H groups in total. The van der Waals surface area contributed by atoms with E-state index in [4.69, 9.17) is 5.73 Å². The Hall–Kier alpha value is -2.04. The zero-order chi connectivity index (χ0) is 10.8. The van der Waals surface area contributed by atoms with Gasteiger partial charge in [0.15, 0.2) is 5.82 Å². The molecule has 0 saturated carbocycles. The summed E-state index contributed by atoms with van der Waals surface area (Å²) in [5.41, 5.74) is 6.72. The molecular weight excluding hydrogens is 192 g/mol. The normalized spacial score (nSPS) is 10.5. The minimum atomic E-state index is 0.123. The molecule has 1 heterocycles. The molecule has 78 valence electrons. The number of hydrogen-bond acceptors (Lipinski definition) is 4. The van der Waals surface area contributed by atoms with Gasteiger partial charge < -0.3 is 15.4 Å². The molecule has 2 rings (SSSR count). The summed E-state index contributed by atoms with van der Waals surface area (Å²) in [5, 5.41) is 17.5. The van der Waals surface area contributed by atoms with E-state index in [-0.39, 0.29) is 5.75 Å². The minimum Gasteiger partial charge on any atom is -0.507 e. The zero-order valence-electron chi connectivity index (χ0n) is 8.38. The first-order valence-electron chi connectivity index (χ1n) is 4.69. The number of anilines is 1. The lowest BCUT2D eigenvalue weighted by Crippen LogP contribution is -1.96. The maximum atomic E-state index is 9.72. The summed E-state index contributed by atoms with van der Waals surface area (Å²) >= 11 is 0. The Labute approximate surface area is 87.2 Å². The van der Waals surface area contributed by atoms with Crippen molar-refractivity contribution in [3.05, 3.63) is 24.5 Å². The highest BCUT2D eigenvalue weighted by Gasteiger charge is 2.10. The van der Waals surface area contributed by atoms with E-state index in [2.05, 4.69) is 10.2 Å². The standard InChI is InChI=1S/C10H12N4O/c1-2-14-6-12-13-10(14)8-4-3-7(11)5-9(8)15/h3-6,15H,2,11H2,1H3. The minimum absolute atomic E-state index is 0.123. The van der Waals surface area contributed by atoms with Crippen LogP contribution in [0.1, 0.15) is 6.92 Å². The summed E-state index contributed by atoms with van der Waals surface area (Å²) in [6, 6.07) is 4.97. The Morgan fingerprint density at radius 1 is 1.47 bits per heavy atom. The number of nitrogens with two attached hydrogens (primary N) is 1. The average Bonchev–Trinajstić information content (AvgIpc) is 2.65. The van der Waals surface area contributed by atoms with E-state index in [0.29, 0.717) is 17.1 Å². The largest absolute Gasteiger partial charge is 0.507 e. The fourth-order valence-electron chi connectivity index (χ4n) is 1.43. The van der Waals surface area contributed by atoms with Crippen LogP contribution >= 0.6 is 0 Å². The molecule has 0 radical (unpaired) electrons. The first-order valence-corrected chi connectivity index (χ1v) is 4.69. The van der Waals surface area contributed by atoms with Gasteiger partial charge in [0, 0.05) is 18.3 Å². The van der Waals surface area contributed by atoms with Gasteiger partial charge in [0.05, 0.1) is 5.56 Å². The highest BCUT2D eigenvalue weighted by molar-refractivity contribution is 5.67. The molecule has 0 amide bonds. The molecular formula is C10H12N4O. The lowest BCUT2D eigenvalue weighted by Gasteiger charge is -2.05. The second kappa shape index (κ2) is 3.61. The lowest BCUT2D eigenvalue weighted by atomic mass is 10.1. The predicted molar refractivity (Wildman–Crippen MR) is 57.2 cm³/mol. The number of aromatic nitrogens is 3. The SMILES string of the molecule is CCn1cnnc1-c1ccc(N)cc1O. The molecule has 0 aliphatic heterocycles. The van der Waals surface area contributed by atoms with Gasteiger partial charge in [-0.2, -0.15) is 0 Å². The smallest absolute Gasteiger partial charge is 0.167 e. The van der Waals surface area contributed by atoms with Crippen LogP contribution < -0.4 is 5.73 Å². The topological polar surface area (TPSA) is 77.0 Å². The Morgan fingerprint density at radius 2 is 2.27 bits per heavy atom. The van der Waals surface area contributed by atoms with Crippen LogP contribution in [0.5, 0.6) is 5.75 Å². The maximum absolute atomic E-state index is 9.72. The van der Waals surface area contributed by atoms with Crippen molar-refractivity contribution < 1.29 is 5.11 Å². The molecule has 15 heavy (non-hydrogen) atoms. The number of nitrogens with zero attached hydrogens (tertiary/aromatic N) is 3. The van der Waals surface area contributed by atoms with Crippen molar-refractivity contribution in [1.29, 1.82) is 0 Å². The number of hydrogen-bond donors (Lipinski definition) is 2. The van der Waals surface area contributed by atoms with Crippen molar-refractivity contribution >= 4 is 5.69 Å². The van der Waals surface area contributed by atoms with Crippen LogP contribution in [0.4, 0.5) is 5.69 Å². The number of benzene rings is 1. The van der Waals surface area contributed by atoms with Crippen molar-refractivity contribution in [2.75, 3.05) is 5.73 Å². The summed E-state index contributed by atoms with van der Waals surface area (Å²) < 4.78 is 1.85. The van der Waals surface area contributed by atoms with Gasteiger partial charge in [0.1, 0.15) is 12.1 Å². The van der Waals surface area contributed by atoms with E-state index in [9.17, 15) is 5.11 Å². The molecule has 1 aromatic carbocycles. The maximum Gasteiger partial charge on any atom is 0.167 e. The highest BCUT2D eigenvalue weighted by Crippen LogP contribution is 2.28. The second-order valence-electron chi connectivity index (χ2n) is 3.22. The van der Waals surface area contributed by atoms with Gasteiger partial charge >= 0.3 is 0 Å². The Morgan fingerprint density at radius 3 is 2.93 bits per heavy atom. The van der Waals surface area contributed by atoms with E-state index >= 15 is 0 Å². The molecule has 5 heteroatoms. The van der Waals surface area contributed by atoms with Gasteiger partial charge in [-0.25, -0.2) is 0 Å². The summed E-state index contributed by atoms with van der Waals surface area (Å²) in [5.74, 6) is 0.771. The number of phenolic OH excluding ortho intramolecular Hbond substituents is 1. The van der Waals surface area contributed by atoms with Crippen molar-refractivity contribution in [1.82, 2.24) is 14.8 Å². The van der Waals surface area contributed by atoms with Crippen molar-refractivity contribution in [3.63, 3.8) is 0 Å². The van der Waals surface area contributed by atoms with Crippen molar-refractivity contribution in [2.24, 2.45) is 0 Å². The fraction of sp³-hybridized carbons (Fsp3) is 0.200. The van der Waals surface area contributed by atoms with E-state index in [0.717, 1.165) is 6.54 Å². The highest BCUT2D eigenvalue weighted by atomic mass is 16.3. The third-order valence-electron chi connectivity index (χ3n) is 2.22. The molecule has 0 aliphatic carbocycles. The molecule has 0 bridgehead atoms. The molecule has 0 saturated heterocycles. The van der Waals surface area contributed by atoms with Gasteiger partial charge in [0.25, 0.3) is 0 Å². The summed E-state index contributed by atoms with van der Waals surface area (Å²) in [6.45, 7) is 2.74. The monoisotopic (exact) mass is 204 g/mol. The van der Waals surface area contributed by atoms with Crippen LogP contribution in [0, 0.1) is 0 Å². The van der Waals surface area contributed by atoms with E-state index in [1.807, 2.05) is 11.5 Å². The molecule has 0 aliphatic rings. The van der Waals surface area contributed by atoms with Gasteiger partial charge in [0.2, 0.25) is 0 Å². The molecule has 2 aromatic rings. The quantitative estimate of drug-likeness (QED) is 0.722. The van der Waals surface area contributed by atoms with Gasteiger partial charge in [-0.05, 0) is 19.1 Å². The molecule has 0 spiro atoms. The van der Waals surface area contributed by atoms with Crippen LogP contribution in [0.15, 0.2) is 24.5 Å². The number of aryl methyl sites for hydroxylation is 1. The molecule has 0 fully saturated rings. The number of aromatic hydroxyl groups is 1. The van der Waals surface area contributed by atoms with Crippen molar-refractivity contribution in [3.8, 4) is 17.1 Å². The Balaban J connectivity index is 2.54. The third kappa shape index (κ3) is 1.63. The number of phenols is 1. The van der Waals surface area contributed by atoms with Crippen LogP contribution in [-0.4, -0.2) is 19.9 Å². The van der Waals surface area contributed by atoms with Crippen LogP contribution in [0.3, 0.4) is 0 Å².